The standard InChI is InChI=1S/C17H18N2O6/c1-9-7-12(10(2)25-9)17(3)15(21)19(16(22)18-17)8-11-5-6-24-13(11)14(20)23-4/h5-7H,8H2,1-4H3,(H,18,22)/t17-/m1/s1. The number of methoxy groups -OCH3 is 1. The van der Waals surface area contributed by atoms with Crippen molar-refractivity contribution in [3.8, 4) is 0 Å². The van der Waals surface area contributed by atoms with E-state index in [0.717, 1.165) is 4.90 Å². The number of rotatable bonds is 4. The van der Waals surface area contributed by atoms with Crippen molar-refractivity contribution in [1.29, 1.82) is 0 Å². The molecule has 0 bridgehead atoms. The lowest BCUT2D eigenvalue weighted by atomic mass is 9.92. The van der Waals surface area contributed by atoms with Crippen LogP contribution in [0.2, 0.25) is 0 Å². The van der Waals surface area contributed by atoms with Gasteiger partial charge in [0.1, 0.15) is 17.1 Å². The fraction of sp³-hybridized carbons (Fsp3) is 0.353. The molecule has 2 aromatic heterocycles. The molecular formula is C17H18N2O6. The molecular weight excluding hydrogens is 328 g/mol. The molecule has 0 saturated carbocycles. The summed E-state index contributed by atoms with van der Waals surface area (Å²) in [5, 5.41) is 2.71. The number of ether oxygens (including phenoxy) is 1. The zero-order chi connectivity index (χ0) is 18.4. The minimum absolute atomic E-state index is 0.0351. The van der Waals surface area contributed by atoms with E-state index in [0.29, 0.717) is 22.6 Å². The smallest absolute Gasteiger partial charge is 0.374 e. The van der Waals surface area contributed by atoms with Crippen LogP contribution in [-0.4, -0.2) is 29.9 Å². The van der Waals surface area contributed by atoms with Crippen molar-refractivity contribution in [3.05, 3.63) is 46.8 Å². The molecule has 25 heavy (non-hydrogen) atoms. The molecule has 0 unspecified atom stereocenters. The van der Waals surface area contributed by atoms with Gasteiger partial charge >= 0.3 is 12.0 Å². The van der Waals surface area contributed by atoms with Crippen molar-refractivity contribution in [1.82, 2.24) is 10.2 Å². The SMILES string of the molecule is COC(=O)c1occc1CN1C(=O)N[C@](C)(c2cc(C)oc2C)C1=O. The zero-order valence-electron chi connectivity index (χ0n) is 14.3. The highest BCUT2D eigenvalue weighted by Gasteiger charge is 2.50. The summed E-state index contributed by atoms with van der Waals surface area (Å²) in [5.74, 6) is 0.0765. The Labute approximate surface area is 143 Å². The number of carbonyl (C=O) groups is 3. The first-order valence-corrected chi connectivity index (χ1v) is 7.64. The first kappa shape index (κ1) is 16.8. The molecule has 2 aromatic rings. The Bertz CT molecular complexity index is 864. The van der Waals surface area contributed by atoms with Crippen LogP contribution in [0.25, 0.3) is 0 Å². The zero-order valence-corrected chi connectivity index (χ0v) is 14.3. The Balaban J connectivity index is 1.91. The largest absolute Gasteiger partial charge is 0.466 e. The van der Waals surface area contributed by atoms with E-state index in [1.54, 1.807) is 26.8 Å². The van der Waals surface area contributed by atoms with Crippen LogP contribution < -0.4 is 5.32 Å². The molecule has 0 aliphatic carbocycles. The molecule has 3 amide bonds. The Morgan fingerprint density at radius 2 is 2.08 bits per heavy atom. The summed E-state index contributed by atoms with van der Waals surface area (Å²) in [4.78, 5) is 38.1. The topological polar surface area (TPSA) is 102 Å². The van der Waals surface area contributed by atoms with Crippen LogP contribution in [0, 0.1) is 13.8 Å². The van der Waals surface area contributed by atoms with Gasteiger partial charge in [0, 0.05) is 11.1 Å². The molecule has 1 fully saturated rings. The molecule has 1 aliphatic rings. The highest BCUT2D eigenvalue weighted by atomic mass is 16.5. The van der Waals surface area contributed by atoms with Crippen LogP contribution in [0.3, 0.4) is 0 Å². The van der Waals surface area contributed by atoms with E-state index in [2.05, 4.69) is 10.1 Å². The van der Waals surface area contributed by atoms with Crippen molar-refractivity contribution in [2.24, 2.45) is 0 Å². The predicted molar refractivity (Wildman–Crippen MR) is 84.7 cm³/mol. The molecule has 132 valence electrons. The number of furan rings is 2. The molecule has 0 aromatic carbocycles. The average molecular weight is 346 g/mol. The van der Waals surface area contributed by atoms with Crippen molar-refractivity contribution >= 4 is 17.9 Å². The maximum absolute atomic E-state index is 12.9. The minimum Gasteiger partial charge on any atom is -0.466 e. The number of nitrogens with zero attached hydrogens (tertiary/aromatic N) is 1. The van der Waals surface area contributed by atoms with Gasteiger partial charge in [-0.3, -0.25) is 9.69 Å². The number of hydrogen-bond donors (Lipinski definition) is 1. The van der Waals surface area contributed by atoms with E-state index in [1.165, 1.54) is 19.4 Å². The number of aryl methyl sites for hydroxylation is 2. The van der Waals surface area contributed by atoms with E-state index < -0.39 is 23.4 Å². The summed E-state index contributed by atoms with van der Waals surface area (Å²) < 4.78 is 15.2. The van der Waals surface area contributed by atoms with Crippen molar-refractivity contribution in [3.63, 3.8) is 0 Å². The van der Waals surface area contributed by atoms with Gasteiger partial charge in [0.15, 0.2) is 0 Å². The molecule has 8 heteroatoms. The summed E-state index contributed by atoms with van der Waals surface area (Å²) in [5.41, 5.74) is -0.236. The van der Waals surface area contributed by atoms with E-state index >= 15 is 0 Å². The van der Waals surface area contributed by atoms with Gasteiger partial charge in [-0.15, -0.1) is 0 Å². The molecule has 0 radical (unpaired) electrons. The van der Waals surface area contributed by atoms with Gasteiger partial charge in [-0.05, 0) is 32.9 Å². The van der Waals surface area contributed by atoms with Crippen LogP contribution >= 0.6 is 0 Å². The number of amides is 3. The third-order valence-electron chi connectivity index (χ3n) is 4.30. The van der Waals surface area contributed by atoms with Crippen LogP contribution in [0.1, 0.15) is 40.1 Å². The summed E-state index contributed by atoms with van der Waals surface area (Å²) in [6, 6.07) is 2.70. The fourth-order valence-electron chi connectivity index (χ4n) is 3.05. The van der Waals surface area contributed by atoms with Gasteiger partial charge in [-0.25, -0.2) is 9.59 Å². The molecule has 1 atom stereocenters. The van der Waals surface area contributed by atoms with Gasteiger partial charge in [0.25, 0.3) is 5.91 Å². The van der Waals surface area contributed by atoms with Crippen molar-refractivity contribution < 1.29 is 28.0 Å². The third kappa shape index (κ3) is 2.59. The van der Waals surface area contributed by atoms with Gasteiger partial charge < -0.3 is 18.9 Å². The van der Waals surface area contributed by atoms with Crippen LogP contribution in [-0.2, 0) is 21.6 Å². The normalized spacial score (nSPS) is 20.1. The number of esters is 1. The molecule has 8 nitrogen and oxygen atoms in total. The Morgan fingerprint density at radius 1 is 1.36 bits per heavy atom. The average Bonchev–Trinajstić information content (AvgIpc) is 3.21. The Hall–Kier alpha value is -3.03. The third-order valence-corrected chi connectivity index (χ3v) is 4.30. The summed E-state index contributed by atoms with van der Waals surface area (Å²) in [6.45, 7) is 5.03. The van der Waals surface area contributed by atoms with Gasteiger partial charge in [0.05, 0.1) is 19.9 Å². The van der Waals surface area contributed by atoms with Crippen LogP contribution in [0.4, 0.5) is 4.79 Å². The second kappa shape index (κ2) is 5.80. The highest BCUT2D eigenvalue weighted by Crippen LogP contribution is 2.33. The predicted octanol–water partition coefficient (Wildman–Crippen LogP) is 2.24. The van der Waals surface area contributed by atoms with Crippen LogP contribution in [0.5, 0.6) is 0 Å². The lowest BCUT2D eigenvalue weighted by molar-refractivity contribution is -0.131. The number of hydrogen-bond acceptors (Lipinski definition) is 6. The summed E-state index contributed by atoms with van der Waals surface area (Å²) in [7, 11) is 1.23. The quantitative estimate of drug-likeness (QED) is 0.673. The maximum atomic E-state index is 12.9. The number of imide groups is 1. The Morgan fingerprint density at radius 3 is 2.68 bits per heavy atom. The minimum atomic E-state index is -1.23. The van der Waals surface area contributed by atoms with Crippen molar-refractivity contribution in [2.45, 2.75) is 32.9 Å². The molecule has 1 N–H and O–H groups in total. The van der Waals surface area contributed by atoms with Gasteiger partial charge in [0.2, 0.25) is 5.76 Å². The molecule has 3 heterocycles. The fourth-order valence-corrected chi connectivity index (χ4v) is 3.05. The molecule has 3 rings (SSSR count). The number of urea groups is 1. The van der Waals surface area contributed by atoms with E-state index in [4.69, 9.17) is 8.83 Å². The highest BCUT2D eigenvalue weighted by molar-refractivity contribution is 6.07. The van der Waals surface area contributed by atoms with E-state index in [-0.39, 0.29) is 12.3 Å². The first-order chi connectivity index (χ1) is 11.8. The summed E-state index contributed by atoms with van der Waals surface area (Å²) in [6.07, 6.45) is 1.31. The van der Waals surface area contributed by atoms with Crippen LogP contribution in [0.15, 0.2) is 27.2 Å². The lowest BCUT2D eigenvalue weighted by Gasteiger charge is -2.21. The molecule has 1 aliphatic heterocycles. The maximum Gasteiger partial charge on any atom is 0.374 e. The molecule has 1 saturated heterocycles. The second-order valence-corrected chi connectivity index (χ2v) is 6.04. The molecule has 0 spiro atoms. The van der Waals surface area contributed by atoms with E-state index in [9.17, 15) is 14.4 Å². The summed E-state index contributed by atoms with van der Waals surface area (Å²) >= 11 is 0. The number of nitrogens with one attached hydrogen (secondary N) is 1. The Kier molecular flexibility index (Phi) is 3.90. The van der Waals surface area contributed by atoms with Crippen molar-refractivity contribution in [2.75, 3.05) is 7.11 Å². The monoisotopic (exact) mass is 346 g/mol. The second-order valence-electron chi connectivity index (χ2n) is 6.04. The first-order valence-electron chi connectivity index (χ1n) is 7.64. The van der Waals surface area contributed by atoms with Gasteiger partial charge in [-0.1, -0.05) is 0 Å². The lowest BCUT2D eigenvalue weighted by Crippen LogP contribution is -2.41. The van der Waals surface area contributed by atoms with Gasteiger partial charge in [-0.2, -0.15) is 0 Å². The van der Waals surface area contributed by atoms with E-state index in [1.807, 2.05) is 0 Å². The number of carbonyl (C=O) groups excluding carboxylic acids is 3.